The molecule has 0 saturated carbocycles. The molecular weight excluding hydrogens is 364 g/mol. The maximum Gasteiger partial charge on any atom is 0.407 e. The van der Waals surface area contributed by atoms with Crippen LogP contribution >= 0.6 is 0 Å². The van der Waals surface area contributed by atoms with Crippen molar-refractivity contribution in [1.82, 2.24) is 9.21 Å². The van der Waals surface area contributed by atoms with Gasteiger partial charge in [0.2, 0.25) is 10.0 Å². The van der Waals surface area contributed by atoms with Crippen molar-refractivity contribution >= 4 is 16.1 Å². The summed E-state index contributed by atoms with van der Waals surface area (Å²) in [4.78, 5) is 12.8. The number of piperidine rings is 1. The molecule has 1 aliphatic rings. The fourth-order valence-electron chi connectivity index (χ4n) is 3.36. The third kappa shape index (κ3) is 4.48. The van der Waals surface area contributed by atoms with Crippen LogP contribution in [0, 0.1) is 6.92 Å². The number of hydrogen-bond donors (Lipinski definition) is 1. The third-order valence-electron chi connectivity index (χ3n) is 4.95. The van der Waals surface area contributed by atoms with Crippen molar-refractivity contribution in [2.24, 2.45) is 0 Å². The van der Waals surface area contributed by atoms with Crippen molar-refractivity contribution < 1.29 is 18.3 Å². The number of rotatable bonds is 5. The highest BCUT2D eigenvalue weighted by Crippen LogP contribution is 2.27. The predicted octanol–water partition coefficient (Wildman–Crippen LogP) is 3.33. The predicted molar refractivity (Wildman–Crippen MR) is 103 cm³/mol. The number of likely N-dealkylation sites (tertiary alicyclic amines) is 1. The number of nitrogens with zero attached hydrogens (tertiary/aromatic N) is 2. The molecule has 1 N–H and O–H groups in total. The first-order chi connectivity index (χ1) is 12.9. The van der Waals surface area contributed by atoms with E-state index in [1.54, 1.807) is 24.3 Å². The van der Waals surface area contributed by atoms with Crippen LogP contribution in [0.15, 0.2) is 59.5 Å². The van der Waals surface area contributed by atoms with E-state index in [1.807, 2.05) is 37.3 Å². The zero-order valence-electron chi connectivity index (χ0n) is 15.3. The van der Waals surface area contributed by atoms with Gasteiger partial charge in [-0.1, -0.05) is 48.0 Å². The quantitative estimate of drug-likeness (QED) is 0.852. The smallest absolute Gasteiger partial charge is 0.407 e. The van der Waals surface area contributed by atoms with E-state index in [-0.39, 0.29) is 17.5 Å². The molecule has 6 nitrogen and oxygen atoms in total. The van der Waals surface area contributed by atoms with E-state index in [9.17, 15) is 13.2 Å². The highest BCUT2D eigenvalue weighted by molar-refractivity contribution is 7.89. The van der Waals surface area contributed by atoms with E-state index >= 15 is 0 Å². The number of sulfonamides is 1. The second-order valence-electron chi connectivity index (χ2n) is 6.85. The van der Waals surface area contributed by atoms with Crippen molar-refractivity contribution in [1.29, 1.82) is 0 Å². The molecule has 0 bridgehead atoms. The molecule has 2 aromatic rings. The molecular formula is C20H24N2O4S. The van der Waals surface area contributed by atoms with E-state index < -0.39 is 16.1 Å². The van der Waals surface area contributed by atoms with E-state index in [4.69, 9.17) is 5.11 Å². The monoisotopic (exact) mass is 388 g/mol. The van der Waals surface area contributed by atoms with Gasteiger partial charge >= 0.3 is 6.09 Å². The fourth-order valence-corrected chi connectivity index (χ4v) is 5.04. The summed E-state index contributed by atoms with van der Waals surface area (Å²) in [6.45, 7) is 2.87. The van der Waals surface area contributed by atoms with E-state index in [2.05, 4.69) is 0 Å². The van der Waals surface area contributed by atoms with Crippen molar-refractivity contribution in [2.75, 3.05) is 13.1 Å². The van der Waals surface area contributed by atoms with Gasteiger partial charge < -0.3 is 10.0 Å². The van der Waals surface area contributed by atoms with Gasteiger partial charge in [-0.3, -0.25) is 0 Å². The molecule has 0 aliphatic carbocycles. The lowest BCUT2D eigenvalue weighted by Gasteiger charge is -2.37. The zero-order valence-corrected chi connectivity index (χ0v) is 16.1. The van der Waals surface area contributed by atoms with Crippen LogP contribution in [0.25, 0.3) is 0 Å². The second kappa shape index (κ2) is 8.10. The molecule has 27 heavy (non-hydrogen) atoms. The van der Waals surface area contributed by atoms with Gasteiger partial charge in [0.1, 0.15) is 0 Å². The Labute approximate surface area is 160 Å². The Morgan fingerprint density at radius 2 is 1.67 bits per heavy atom. The third-order valence-corrected chi connectivity index (χ3v) is 6.86. The molecule has 0 radical (unpaired) electrons. The molecule has 1 fully saturated rings. The summed E-state index contributed by atoms with van der Waals surface area (Å²) in [5.41, 5.74) is 1.91. The Balaban J connectivity index is 1.90. The summed E-state index contributed by atoms with van der Waals surface area (Å²) < 4.78 is 28.3. The number of benzene rings is 2. The number of carboxylic acid groups (broad SMARTS) is 1. The zero-order chi connectivity index (χ0) is 19.4. The minimum absolute atomic E-state index is 0.230. The van der Waals surface area contributed by atoms with E-state index in [0.29, 0.717) is 25.9 Å². The maximum absolute atomic E-state index is 13.4. The molecule has 0 aromatic heterocycles. The molecule has 2 aromatic carbocycles. The Kier molecular flexibility index (Phi) is 5.82. The van der Waals surface area contributed by atoms with Crippen LogP contribution in [-0.4, -0.2) is 48.0 Å². The van der Waals surface area contributed by atoms with Crippen LogP contribution in [0.5, 0.6) is 0 Å². The standard InChI is InChI=1S/C20H24N2O4S/c1-16-7-9-19(10-8-16)27(25,26)22(15-17-5-3-2-4-6-17)18-11-13-21(14-12-18)20(23)24/h2-10,18H,11-15H2,1H3,(H,23,24). The summed E-state index contributed by atoms with van der Waals surface area (Å²) >= 11 is 0. The lowest BCUT2D eigenvalue weighted by molar-refractivity contribution is 0.117. The topological polar surface area (TPSA) is 77.9 Å². The van der Waals surface area contributed by atoms with Gasteiger partial charge in [-0.25, -0.2) is 13.2 Å². The fraction of sp³-hybridized carbons (Fsp3) is 0.350. The molecule has 7 heteroatoms. The van der Waals surface area contributed by atoms with Crippen molar-refractivity contribution in [3.05, 3.63) is 65.7 Å². The van der Waals surface area contributed by atoms with Gasteiger partial charge in [0.25, 0.3) is 0 Å². The summed E-state index contributed by atoms with van der Waals surface area (Å²) in [5.74, 6) is 0. The summed E-state index contributed by atoms with van der Waals surface area (Å²) in [5, 5.41) is 9.16. The average Bonchev–Trinajstić information content (AvgIpc) is 2.67. The summed E-state index contributed by atoms with van der Waals surface area (Å²) in [6.07, 6.45) is 0.0264. The first-order valence-electron chi connectivity index (χ1n) is 8.98. The highest BCUT2D eigenvalue weighted by atomic mass is 32.2. The van der Waals surface area contributed by atoms with Gasteiger partial charge in [0.15, 0.2) is 0 Å². The lowest BCUT2D eigenvalue weighted by Crippen LogP contribution is -2.48. The Hall–Kier alpha value is -2.38. The summed E-state index contributed by atoms with van der Waals surface area (Å²) in [7, 11) is -3.69. The molecule has 1 aliphatic heterocycles. The molecule has 1 saturated heterocycles. The van der Waals surface area contributed by atoms with Gasteiger partial charge in [-0.15, -0.1) is 0 Å². The van der Waals surface area contributed by atoms with Gasteiger partial charge in [0.05, 0.1) is 4.90 Å². The Bertz CT molecular complexity index is 874. The van der Waals surface area contributed by atoms with Crippen LogP contribution in [0.2, 0.25) is 0 Å². The molecule has 1 amide bonds. The SMILES string of the molecule is Cc1ccc(S(=O)(=O)N(Cc2ccccc2)C2CCN(C(=O)O)CC2)cc1. The van der Waals surface area contributed by atoms with Crippen molar-refractivity contribution in [3.8, 4) is 0 Å². The van der Waals surface area contributed by atoms with Crippen molar-refractivity contribution in [2.45, 2.75) is 37.2 Å². The van der Waals surface area contributed by atoms with Crippen LogP contribution in [-0.2, 0) is 16.6 Å². The van der Waals surface area contributed by atoms with Gasteiger partial charge in [-0.05, 0) is 37.5 Å². The number of aryl methyl sites for hydroxylation is 1. The normalized spacial score (nSPS) is 15.9. The minimum Gasteiger partial charge on any atom is -0.465 e. The van der Waals surface area contributed by atoms with Crippen LogP contribution in [0.4, 0.5) is 4.79 Å². The maximum atomic E-state index is 13.4. The van der Waals surface area contributed by atoms with Gasteiger partial charge in [0, 0.05) is 25.7 Å². The van der Waals surface area contributed by atoms with Crippen molar-refractivity contribution in [3.63, 3.8) is 0 Å². The highest BCUT2D eigenvalue weighted by Gasteiger charge is 2.34. The minimum atomic E-state index is -3.69. The molecule has 1 heterocycles. The average molecular weight is 388 g/mol. The summed E-state index contributed by atoms with van der Waals surface area (Å²) in [6, 6.07) is 16.1. The second-order valence-corrected chi connectivity index (χ2v) is 8.74. The Morgan fingerprint density at radius 3 is 2.22 bits per heavy atom. The van der Waals surface area contributed by atoms with Gasteiger partial charge in [-0.2, -0.15) is 4.31 Å². The number of amides is 1. The van der Waals surface area contributed by atoms with E-state index in [0.717, 1.165) is 11.1 Å². The molecule has 3 rings (SSSR count). The number of carbonyl (C=O) groups is 1. The van der Waals surface area contributed by atoms with Crippen LogP contribution in [0.1, 0.15) is 24.0 Å². The number of hydrogen-bond acceptors (Lipinski definition) is 3. The lowest BCUT2D eigenvalue weighted by atomic mass is 10.0. The first-order valence-corrected chi connectivity index (χ1v) is 10.4. The van der Waals surface area contributed by atoms with Crippen LogP contribution < -0.4 is 0 Å². The molecule has 144 valence electrons. The first kappa shape index (κ1) is 19.4. The molecule has 0 atom stereocenters. The van der Waals surface area contributed by atoms with E-state index in [1.165, 1.54) is 9.21 Å². The molecule has 0 spiro atoms. The molecule has 0 unspecified atom stereocenters. The Morgan fingerprint density at radius 1 is 1.07 bits per heavy atom. The van der Waals surface area contributed by atoms with Crippen LogP contribution in [0.3, 0.4) is 0 Å². The largest absolute Gasteiger partial charge is 0.465 e.